The van der Waals surface area contributed by atoms with Crippen LogP contribution in [-0.2, 0) is 21.4 Å². The van der Waals surface area contributed by atoms with E-state index in [0.717, 1.165) is 96.9 Å². The highest BCUT2D eigenvalue weighted by Gasteiger charge is 2.47. The minimum absolute atomic E-state index is 0.0301. The van der Waals surface area contributed by atoms with Crippen LogP contribution in [0.3, 0.4) is 0 Å². The first kappa shape index (κ1) is 35.8. The van der Waals surface area contributed by atoms with E-state index in [0.29, 0.717) is 17.7 Å². The number of carbonyl (C=O) groups is 2. The second kappa shape index (κ2) is 14.3. The van der Waals surface area contributed by atoms with E-state index in [-0.39, 0.29) is 11.8 Å². The molecule has 266 valence electrons. The predicted octanol–water partition coefficient (Wildman–Crippen LogP) is 8.65. The summed E-state index contributed by atoms with van der Waals surface area (Å²) in [5, 5.41) is 4.60. The summed E-state index contributed by atoms with van der Waals surface area (Å²) in [6.45, 7) is 17.7. The fraction of sp³-hybridized carbons (Fsp3) is 0.524. The van der Waals surface area contributed by atoms with Gasteiger partial charge in [-0.3, -0.25) is 9.78 Å². The van der Waals surface area contributed by atoms with Crippen molar-refractivity contribution in [1.82, 2.24) is 24.8 Å². The highest BCUT2D eigenvalue weighted by atomic mass is 16.6. The zero-order valence-electron chi connectivity index (χ0n) is 31.3. The fourth-order valence-electron chi connectivity index (χ4n) is 8.15. The molecule has 0 saturated carbocycles. The summed E-state index contributed by atoms with van der Waals surface area (Å²) in [6, 6.07) is 13.4. The Balaban J connectivity index is 1.40. The molecule has 1 aromatic carbocycles. The van der Waals surface area contributed by atoms with Crippen molar-refractivity contribution in [1.29, 1.82) is 0 Å². The molecule has 4 aromatic rings. The average molecular weight is 678 g/mol. The average Bonchev–Trinajstić information content (AvgIpc) is 3.76. The SMILES string of the molecule is Cc1cc(C)cc(-c2c(C(C)CNCCCCc3ccncc3)c3cc(C(C)(C)C(=O)N4C5CCC4CC5)cnc3n2C(=O)OC(C)(C)C)c1. The number of hydrogen-bond acceptors (Lipinski definition) is 6. The molecule has 8 heteroatoms. The molecule has 2 saturated heterocycles. The summed E-state index contributed by atoms with van der Waals surface area (Å²) >= 11 is 0. The Bertz CT molecular complexity index is 1810. The number of amides is 1. The first-order chi connectivity index (χ1) is 23.7. The molecule has 2 aliphatic heterocycles. The smallest absolute Gasteiger partial charge is 0.420 e. The summed E-state index contributed by atoms with van der Waals surface area (Å²) in [4.78, 5) is 39.7. The lowest BCUT2D eigenvalue weighted by Crippen LogP contribution is -2.46. The van der Waals surface area contributed by atoms with E-state index in [1.165, 1.54) is 5.56 Å². The molecule has 0 aliphatic carbocycles. The van der Waals surface area contributed by atoms with Crippen molar-refractivity contribution >= 4 is 23.0 Å². The van der Waals surface area contributed by atoms with Crippen LogP contribution in [-0.4, -0.2) is 62.2 Å². The molecule has 3 aromatic heterocycles. The molecule has 2 aliphatic rings. The van der Waals surface area contributed by atoms with Gasteiger partial charge < -0.3 is 15.0 Å². The highest BCUT2D eigenvalue weighted by molar-refractivity contribution is 5.99. The second-order valence-electron chi connectivity index (χ2n) is 16.3. The highest BCUT2D eigenvalue weighted by Crippen LogP contribution is 2.43. The van der Waals surface area contributed by atoms with Crippen molar-refractivity contribution in [2.24, 2.45) is 0 Å². The Morgan fingerprint density at radius 2 is 1.58 bits per heavy atom. The van der Waals surface area contributed by atoms with Gasteiger partial charge in [0.05, 0.1) is 11.1 Å². The summed E-state index contributed by atoms with van der Waals surface area (Å²) in [6.07, 6.45) is 12.6. The number of fused-ring (bicyclic) bond motifs is 3. The third-order valence-electron chi connectivity index (χ3n) is 10.6. The third-order valence-corrected chi connectivity index (χ3v) is 10.6. The van der Waals surface area contributed by atoms with Crippen LogP contribution in [0, 0.1) is 13.8 Å². The molecule has 1 amide bonds. The molecule has 1 N–H and O–H groups in total. The fourth-order valence-corrected chi connectivity index (χ4v) is 8.15. The van der Waals surface area contributed by atoms with E-state index in [9.17, 15) is 9.59 Å². The quantitative estimate of drug-likeness (QED) is 0.160. The third kappa shape index (κ3) is 7.36. The Morgan fingerprint density at radius 1 is 0.940 bits per heavy atom. The van der Waals surface area contributed by atoms with E-state index < -0.39 is 17.1 Å². The first-order valence-electron chi connectivity index (χ1n) is 18.5. The van der Waals surface area contributed by atoms with Gasteiger partial charge >= 0.3 is 6.09 Å². The maximum atomic E-state index is 14.2. The second-order valence-corrected chi connectivity index (χ2v) is 16.3. The molecule has 50 heavy (non-hydrogen) atoms. The van der Waals surface area contributed by atoms with Crippen LogP contribution in [0.4, 0.5) is 4.79 Å². The molecular weight excluding hydrogens is 622 g/mol. The standard InChI is InChI=1S/C42H55N5O3/c1-27-21-28(2)23-31(22-27)37-36(29(3)25-44-18-10-9-11-30-16-19-43-20-17-30)35-24-32(26-45-38(35)47(37)40(49)50-41(4,5)6)42(7,8)39(48)46-33-12-13-34(46)15-14-33/h16-17,19-24,26,29,33-34,44H,9-15,18,25H2,1-8H3. The molecule has 5 heterocycles. The number of benzene rings is 1. The van der Waals surface area contributed by atoms with Gasteiger partial charge in [-0.25, -0.2) is 14.3 Å². The molecule has 0 spiro atoms. The number of hydrogen-bond donors (Lipinski definition) is 1. The van der Waals surface area contributed by atoms with Gasteiger partial charge in [0, 0.05) is 42.6 Å². The first-order valence-corrected chi connectivity index (χ1v) is 18.5. The number of ether oxygens (including phenoxy) is 1. The van der Waals surface area contributed by atoms with Gasteiger partial charge in [0.15, 0.2) is 0 Å². The van der Waals surface area contributed by atoms with Crippen LogP contribution in [0.15, 0.2) is 55.0 Å². The van der Waals surface area contributed by atoms with Crippen molar-refractivity contribution in [3.63, 3.8) is 0 Å². The number of nitrogens with one attached hydrogen (secondary N) is 1. The Kier molecular flexibility index (Phi) is 10.2. The molecule has 1 atom stereocenters. The molecule has 8 nitrogen and oxygen atoms in total. The number of rotatable bonds is 11. The van der Waals surface area contributed by atoms with Gasteiger partial charge in [-0.15, -0.1) is 0 Å². The monoisotopic (exact) mass is 677 g/mol. The number of nitrogens with zero attached hydrogens (tertiary/aromatic N) is 4. The number of aromatic nitrogens is 3. The van der Waals surface area contributed by atoms with Gasteiger partial charge in [0.2, 0.25) is 5.91 Å². The van der Waals surface area contributed by atoms with Gasteiger partial charge in [-0.05, 0) is 158 Å². The van der Waals surface area contributed by atoms with Crippen molar-refractivity contribution in [2.75, 3.05) is 13.1 Å². The lowest BCUT2D eigenvalue weighted by Gasteiger charge is -2.32. The van der Waals surface area contributed by atoms with Gasteiger partial charge in [-0.2, -0.15) is 0 Å². The summed E-state index contributed by atoms with van der Waals surface area (Å²) < 4.78 is 7.72. The zero-order valence-corrected chi connectivity index (χ0v) is 31.3. The molecular formula is C42H55N5O3. The Hall–Kier alpha value is -4.04. The normalized spacial score (nSPS) is 18.2. The van der Waals surface area contributed by atoms with Gasteiger partial charge in [-0.1, -0.05) is 24.1 Å². The molecule has 0 radical (unpaired) electrons. The van der Waals surface area contributed by atoms with E-state index >= 15 is 0 Å². The lowest BCUT2D eigenvalue weighted by molar-refractivity contribution is -0.137. The minimum atomic E-state index is -0.770. The van der Waals surface area contributed by atoms with Crippen LogP contribution >= 0.6 is 0 Å². The maximum absolute atomic E-state index is 14.2. The molecule has 2 fully saturated rings. The lowest BCUT2D eigenvalue weighted by atomic mass is 9.82. The van der Waals surface area contributed by atoms with Crippen LogP contribution < -0.4 is 5.32 Å². The van der Waals surface area contributed by atoms with E-state index in [2.05, 4.69) is 72.4 Å². The number of pyridine rings is 2. The minimum Gasteiger partial charge on any atom is -0.443 e. The Labute approximate surface area is 298 Å². The molecule has 2 bridgehead atoms. The van der Waals surface area contributed by atoms with E-state index in [1.807, 2.05) is 47.0 Å². The van der Waals surface area contributed by atoms with Crippen LogP contribution in [0.1, 0.15) is 114 Å². The number of unbranched alkanes of at least 4 members (excludes halogenated alkanes) is 1. The summed E-state index contributed by atoms with van der Waals surface area (Å²) in [5.41, 5.74) is 6.31. The van der Waals surface area contributed by atoms with Crippen LogP contribution in [0.25, 0.3) is 22.3 Å². The van der Waals surface area contributed by atoms with Crippen LogP contribution in [0.2, 0.25) is 0 Å². The Morgan fingerprint density at radius 3 is 2.20 bits per heavy atom. The van der Waals surface area contributed by atoms with Crippen molar-refractivity contribution in [2.45, 2.75) is 129 Å². The van der Waals surface area contributed by atoms with Crippen LogP contribution in [0.5, 0.6) is 0 Å². The predicted molar refractivity (Wildman–Crippen MR) is 201 cm³/mol. The van der Waals surface area contributed by atoms with Gasteiger partial charge in [0.25, 0.3) is 0 Å². The van der Waals surface area contributed by atoms with Crippen molar-refractivity contribution < 1.29 is 14.3 Å². The largest absolute Gasteiger partial charge is 0.443 e. The van der Waals surface area contributed by atoms with E-state index in [1.54, 1.807) is 10.8 Å². The van der Waals surface area contributed by atoms with Crippen molar-refractivity contribution in [3.05, 3.63) is 82.8 Å². The number of aryl methyl sites for hydroxylation is 3. The molecule has 6 rings (SSSR count). The summed E-state index contributed by atoms with van der Waals surface area (Å²) in [7, 11) is 0. The number of carbonyl (C=O) groups excluding carboxylic acids is 2. The van der Waals surface area contributed by atoms with Crippen molar-refractivity contribution in [3.8, 4) is 11.3 Å². The summed E-state index contributed by atoms with van der Waals surface area (Å²) in [5.74, 6) is 0.204. The van der Waals surface area contributed by atoms with E-state index in [4.69, 9.17) is 9.72 Å². The topological polar surface area (TPSA) is 89.4 Å². The van der Waals surface area contributed by atoms with Gasteiger partial charge in [0.1, 0.15) is 11.2 Å². The molecule has 1 unspecified atom stereocenters. The maximum Gasteiger partial charge on any atom is 0.420 e. The zero-order chi connectivity index (χ0) is 35.8.